The number of ether oxygens (including phenoxy) is 2. The summed E-state index contributed by atoms with van der Waals surface area (Å²) in [6.45, 7) is 3.81. The molecular weight excluding hydrogens is 428 g/mol. The average Bonchev–Trinajstić information content (AvgIpc) is 3.07. The van der Waals surface area contributed by atoms with Gasteiger partial charge in [0, 0.05) is 23.4 Å². The van der Waals surface area contributed by atoms with E-state index in [4.69, 9.17) is 9.47 Å². The maximum Gasteiger partial charge on any atom is 0.262 e. The van der Waals surface area contributed by atoms with Crippen LogP contribution in [0.15, 0.2) is 77.7 Å². The summed E-state index contributed by atoms with van der Waals surface area (Å²) in [6.07, 6.45) is 0.778. The summed E-state index contributed by atoms with van der Waals surface area (Å²) < 4.78 is 39.1. The Bertz CT molecular complexity index is 1220. The van der Waals surface area contributed by atoms with Crippen LogP contribution in [-0.2, 0) is 21.2 Å². The van der Waals surface area contributed by atoms with E-state index in [1.807, 2.05) is 26.0 Å². The van der Waals surface area contributed by atoms with Crippen LogP contribution < -0.4 is 19.5 Å². The van der Waals surface area contributed by atoms with Crippen LogP contribution in [0.5, 0.6) is 11.5 Å². The smallest absolute Gasteiger partial charge is 0.262 e. The molecule has 8 heteroatoms. The highest BCUT2D eigenvalue weighted by molar-refractivity contribution is 7.92. The summed E-state index contributed by atoms with van der Waals surface area (Å²) in [5.41, 5.74) is 1.69. The highest BCUT2D eigenvalue weighted by Gasteiger charge is 2.32. The lowest BCUT2D eigenvalue weighted by Gasteiger charge is -2.18. The Kier molecular flexibility index (Phi) is 5.80. The molecule has 0 aromatic heterocycles. The minimum Gasteiger partial charge on any atom is -0.483 e. The van der Waals surface area contributed by atoms with Crippen molar-refractivity contribution in [3.8, 4) is 11.5 Å². The lowest BCUT2D eigenvalue weighted by Crippen LogP contribution is -2.25. The molecule has 1 aliphatic heterocycles. The normalized spacial score (nSPS) is 14.2. The largest absolute Gasteiger partial charge is 0.483 e. The third kappa shape index (κ3) is 5.03. The van der Waals surface area contributed by atoms with Crippen LogP contribution in [0.3, 0.4) is 0 Å². The second-order valence-corrected chi connectivity index (χ2v) is 9.80. The molecule has 32 heavy (non-hydrogen) atoms. The number of fused-ring (bicyclic) bond motifs is 1. The van der Waals surface area contributed by atoms with Gasteiger partial charge in [-0.25, -0.2) is 8.42 Å². The Morgan fingerprint density at radius 1 is 0.969 bits per heavy atom. The molecule has 0 unspecified atom stereocenters. The van der Waals surface area contributed by atoms with Crippen molar-refractivity contribution >= 4 is 27.3 Å². The number of benzene rings is 3. The number of amides is 1. The van der Waals surface area contributed by atoms with Crippen molar-refractivity contribution in [2.45, 2.75) is 30.8 Å². The van der Waals surface area contributed by atoms with E-state index in [0.29, 0.717) is 22.9 Å². The Hall–Kier alpha value is -3.52. The lowest BCUT2D eigenvalue weighted by atomic mass is 10.0. The number of anilines is 2. The van der Waals surface area contributed by atoms with E-state index in [2.05, 4.69) is 10.0 Å². The molecule has 0 saturated heterocycles. The molecule has 0 saturated carbocycles. The number of sulfonamides is 1. The molecule has 4 rings (SSSR count). The molecule has 0 bridgehead atoms. The number of nitrogens with one attached hydrogen (secondary N) is 2. The molecule has 2 N–H and O–H groups in total. The van der Waals surface area contributed by atoms with Crippen molar-refractivity contribution in [3.05, 3.63) is 78.4 Å². The molecule has 0 fully saturated rings. The van der Waals surface area contributed by atoms with E-state index in [-0.39, 0.29) is 23.0 Å². The van der Waals surface area contributed by atoms with Gasteiger partial charge in [-0.15, -0.1) is 0 Å². The molecule has 3 aromatic carbocycles. The molecule has 0 aliphatic carbocycles. The van der Waals surface area contributed by atoms with E-state index in [1.54, 1.807) is 36.4 Å². The fourth-order valence-electron chi connectivity index (χ4n) is 3.48. The van der Waals surface area contributed by atoms with Gasteiger partial charge in [0.05, 0.1) is 4.90 Å². The number of para-hydroxylation sites is 2. The van der Waals surface area contributed by atoms with E-state index < -0.39 is 10.0 Å². The first kappa shape index (κ1) is 21.7. The Morgan fingerprint density at radius 3 is 2.41 bits per heavy atom. The predicted molar refractivity (Wildman–Crippen MR) is 123 cm³/mol. The van der Waals surface area contributed by atoms with Gasteiger partial charge in [-0.05, 0) is 56.3 Å². The molecule has 1 heterocycles. The third-order valence-electron chi connectivity index (χ3n) is 4.89. The molecule has 0 radical (unpaired) electrons. The van der Waals surface area contributed by atoms with Gasteiger partial charge in [-0.1, -0.05) is 30.3 Å². The van der Waals surface area contributed by atoms with Crippen molar-refractivity contribution in [2.75, 3.05) is 16.6 Å². The number of rotatable bonds is 7. The molecule has 166 valence electrons. The number of hydrogen-bond acceptors (Lipinski definition) is 5. The highest BCUT2D eigenvalue weighted by Crippen LogP contribution is 2.41. The summed E-state index contributed by atoms with van der Waals surface area (Å²) in [5, 5.41) is 2.70. The Labute approximate surface area is 187 Å². The van der Waals surface area contributed by atoms with Crippen molar-refractivity contribution < 1.29 is 22.7 Å². The van der Waals surface area contributed by atoms with Crippen molar-refractivity contribution in [3.63, 3.8) is 0 Å². The monoisotopic (exact) mass is 452 g/mol. The first-order chi connectivity index (χ1) is 15.2. The first-order valence-electron chi connectivity index (χ1n) is 10.1. The van der Waals surface area contributed by atoms with Gasteiger partial charge in [0.2, 0.25) is 0 Å². The molecule has 0 atom stereocenters. The maximum atomic E-state index is 12.5. The molecular formula is C24H24N2O5S. The summed E-state index contributed by atoms with van der Waals surface area (Å²) >= 11 is 0. The molecule has 7 nitrogen and oxygen atoms in total. The second-order valence-electron chi connectivity index (χ2n) is 8.12. The van der Waals surface area contributed by atoms with Gasteiger partial charge in [-0.3, -0.25) is 9.52 Å². The minimum absolute atomic E-state index is 0.0928. The van der Waals surface area contributed by atoms with Gasteiger partial charge in [0.25, 0.3) is 15.9 Å². The van der Waals surface area contributed by atoms with Crippen LogP contribution in [-0.4, -0.2) is 26.5 Å². The number of carbonyl (C=O) groups is 1. The lowest BCUT2D eigenvalue weighted by molar-refractivity contribution is -0.118. The fourth-order valence-corrected chi connectivity index (χ4v) is 4.54. The fraction of sp³-hybridized carbons (Fsp3) is 0.208. The first-order valence-corrected chi connectivity index (χ1v) is 11.6. The Morgan fingerprint density at radius 2 is 1.69 bits per heavy atom. The van der Waals surface area contributed by atoms with Crippen LogP contribution >= 0.6 is 0 Å². The molecule has 0 spiro atoms. The van der Waals surface area contributed by atoms with Crippen LogP contribution in [0.25, 0.3) is 0 Å². The summed E-state index contributed by atoms with van der Waals surface area (Å²) in [6, 6.07) is 20.2. The average molecular weight is 453 g/mol. The highest BCUT2D eigenvalue weighted by atomic mass is 32.2. The van der Waals surface area contributed by atoms with Crippen LogP contribution in [0, 0.1) is 0 Å². The molecule has 3 aromatic rings. The second kappa shape index (κ2) is 8.55. The van der Waals surface area contributed by atoms with Gasteiger partial charge in [0.15, 0.2) is 18.1 Å². The van der Waals surface area contributed by atoms with E-state index in [9.17, 15) is 13.2 Å². The number of carbonyl (C=O) groups excluding carboxylic acids is 1. The molecule has 1 amide bonds. The van der Waals surface area contributed by atoms with E-state index in [0.717, 1.165) is 12.0 Å². The van der Waals surface area contributed by atoms with Crippen LogP contribution in [0.4, 0.5) is 11.4 Å². The van der Waals surface area contributed by atoms with Gasteiger partial charge >= 0.3 is 0 Å². The van der Waals surface area contributed by atoms with Crippen molar-refractivity contribution in [2.24, 2.45) is 0 Å². The van der Waals surface area contributed by atoms with Gasteiger partial charge < -0.3 is 14.8 Å². The van der Waals surface area contributed by atoms with Crippen molar-refractivity contribution in [1.29, 1.82) is 0 Å². The standard InChI is InChI=1S/C24H24N2O5S/c1-24(2)15-17-7-6-10-21(23(17)31-24)30-16-22(27)25-18-11-13-20(14-12-18)32(28,29)26-19-8-4-3-5-9-19/h3-14,26H,15-16H2,1-2H3,(H,25,27). The maximum absolute atomic E-state index is 12.5. The van der Waals surface area contributed by atoms with E-state index in [1.165, 1.54) is 24.3 Å². The zero-order valence-electron chi connectivity index (χ0n) is 17.8. The minimum atomic E-state index is -3.72. The Balaban J connectivity index is 1.35. The van der Waals surface area contributed by atoms with E-state index >= 15 is 0 Å². The quantitative estimate of drug-likeness (QED) is 0.560. The van der Waals surface area contributed by atoms with Crippen molar-refractivity contribution in [1.82, 2.24) is 0 Å². The summed E-state index contributed by atoms with van der Waals surface area (Å²) in [5.74, 6) is 0.834. The zero-order valence-corrected chi connectivity index (χ0v) is 18.6. The molecule has 1 aliphatic rings. The number of hydrogen-bond donors (Lipinski definition) is 2. The SMILES string of the molecule is CC1(C)Cc2cccc(OCC(=O)Nc3ccc(S(=O)(=O)Nc4ccccc4)cc3)c2O1. The predicted octanol–water partition coefficient (Wildman–Crippen LogP) is 4.22. The summed E-state index contributed by atoms with van der Waals surface area (Å²) in [7, 11) is -3.72. The van der Waals surface area contributed by atoms with Crippen LogP contribution in [0.1, 0.15) is 19.4 Å². The van der Waals surface area contributed by atoms with Crippen LogP contribution in [0.2, 0.25) is 0 Å². The van der Waals surface area contributed by atoms with Gasteiger partial charge in [0.1, 0.15) is 5.60 Å². The summed E-state index contributed by atoms with van der Waals surface area (Å²) in [4.78, 5) is 12.4. The van der Waals surface area contributed by atoms with Gasteiger partial charge in [-0.2, -0.15) is 0 Å². The third-order valence-corrected chi connectivity index (χ3v) is 6.29. The topological polar surface area (TPSA) is 93.7 Å². The zero-order chi connectivity index (χ0) is 22.8.